The number of nitrogens with zero attached hydrogens (tertiary/aromatic N) is 3. The van der Waals surface area contributed by atoms with Crippen molar-refractivity contribution in [1.82, 2.24) is 9.80 Å². The Labute approximate surface area is 155 Å². The molecule has 1 aromatic rings. The molecule has 3 aliphatic rings. The summed E-state index contributed by atoms with van der Waals surface area (Å²) in [7, 11) is 2.11. The van der Waals surface area contributed by atoms with Crippen LogP contribution in [0.5, 0.6) is 0 Å². The molecule has 2 amide bonds. The Kier molecular flexibility index (Phi) is 4.63. The van der Waals surface area contributed by atoms with Gasteiger partial charge in [0.2, 0.25) is 5.91 Å². The summed E-state index contributed by atoms with van der Waals surface area (Å²) in [5.74, 6) is 1.62. The Morgan fingerprint density at radius 2 is 1.65 bits per heavy atom. The van der Waals surface area contributed by atoms with Gasteiger partial charge in [-0.05, 0) is 61.3 Å². The SMILES string of the molecule is CC(=O)N1CCC(C2CCN(C(=O)c3ccc4c(c3)CCN4C)C2)CC1. The lowest BCUT2D eigenvalue weighted by Gasteiger charge is -2.34. The second-order valence-electron chi connectivity index (χ2n) is 8.16. The Morgan fingerprint density at radius 1 is 0.962 bits per heavy atom. The van der Waals surface area contributed by atoms with Crippen molar-refractivity contribution in [3.63, 3.8) is 0 Å². The van der Waals surface area contributed by atoms with Crippen LogP contribution in [-0.2, 0) is 11.2 Å². The number of fused-ring (bicyclic) bond motifs is 1. The monoisotopic (exact) mass is 355 g/mol. The first kappa shape index (κ1) is 17.4. The molecular formula is C21H29N3O2. The molecule has 2 fully saturated rings. The van der Waals surface area contributed by atoms with Gasteiger partial charge in [0.05, 0.1) is 0 Å². The van der Waals surface area contributed by atoms with Crippen LogP contribution in [0.4, 0.5) is 5.69 Å². The van der Waals surface area contributed by atoms with Gasteiger partial charge in [-0.3, -0.25) is 9.59 Å². The normalized spacial score (nSPS) is 23.5. The van der Waals surface area contributed by atoms with Crippen molar-refractivity contribution in [3.8, 4) is 0 Å². The molecule has 1 atom stereocenters. The van der Waals surface area contributed by atoms with Crippen LogP contribution in [0.1, 0.15) is 42.1 Å². The van der Waals surface area contributed by atoms with E-state index in [-0.39, 0.29) is 11.8 Å². The Bertz CT molecular complexity index is 709. The molecule has 0 saturated carbocycles. The van der Waals surface area contributed by atoms with Gasteiger partial charge in [-0.25, -0.2) is 0 Å². The van der Waals surface area contributed by atoms with Crippen LogP contribution in [-0.4, -0.2) is 61.4 Å². The summed E-state index contributed by atoms with van der Waals surface area (Å²) in [5, 5.41) is 0. The number of carbonyl (C=O) groups is 2. The van der Waals surface area contributed by atoms with E-state index in [1.165, 1.54) is 11.3 Å². The highest BCUT2D eigenvalue weighted by molar-refractivity contribution is 5.95. The number of rotatable bonds is 2. The number of hydrogen-bond donors (Lipinski definition) is 0. The first-order valence-electron chi connectivity index (χ1n) is 9.92. The fourth-order valence-corrected chi connectivity index (χ4v) is 4.92. The van der Waals surface area contributed by atoms with Crippen LogP contribution in [0.25, 0.3) is 0 Å². The molecule has 5 nitrogen and oxygen atoms in total. The molecule has 26 heavy (non-hydrogen) atoms. The number of benzene rings is 1. The molecular weight excluding hydrogens is 326 g/mol. The Balaban J connectivity index is 1.37. The molecule has 0 radical (unpaired) electrons. The van der Waals surface area contributed by atoms with Gasteiger partial charge in [0, 0.05) is 57.9 Å². The number of carbonyl (C=O) groups excluding carboxylic acids is 2. The van der Waals surface area contributed by atoms with Crippen LogP contribution < -0.4 is 4.90 Å². The third-order valence-electron chi connectivity index (χ3n) is 6.62. The fourth-order valence-electron chi connectivity index (χ4n) is 4.92. The summed E-state index contributed by atoms with van der Waals surface area (Å²) in [6, 6.07) is 6.18. The van der Waals surface area contributed by atoms with E-state index in [2.05, 4.69) is 24.1 Å². The topological polar surface area (TPSA) is 43.9 Å². The average molecular weight is 355 g/mol. The van der Waals surface area contributed by atoms with E-state index in [0.29, 0.717) is 11.8 Å². The van der Waals surface area contributed by atoms with E-state index < -0.39 is 0 Å². The molecule has 1 unspecified atom stereocenters. The minimum Gasteiger partial charge on any atom is -0.374 e. The van der Waals surface area contributed by atoms with E-state index >= 15 is 0 Å². The maximum absolute atomic E-state index is 13.0. The first-order chi connectivity index (χ1) is 12.5. The number of amides is 2. The third kappa shape index (κ3) is 3.19. The summed E-state index contributed by atoms with van der Waals surface area (Å²) in [4.78, 5) is 30.7. The molecule has 2 saturated heterocycles. The van der Waals surface area contributed by atoms with Gasteiger partial charge in [-0.1, -0.05) is 0 Å². The molecule has 5 heteroatoms. The first-order valence-corrected chi connectivity index (χ1v) is 9.92. The number of piperidine rings is 1. The Morgan fingerprint density at radius 3 is 2.38 bits per heavy atom. The number of anilines is 1. The van der Waals surface area contributed by atoms with Crippen LogP contribution in [0, 0.1) is 11.8 Å². The third-order valence-corrected chi connectivity index (χ3v) is 6.62. The maximum Gasteiger partial charge on any atom is 0.253 e. The molecule has 0 spiro atoms. The number of likely N-dealkylation sites (tertiary alicyclic amines) is 2. The minimum atomic E-state index is 0.186. The lowest BCUT2D eigenvalue weighted by Crippen LogP contribution is -2.39. The molecule has 3 aliphatic heterocycles. The van der Waals surface area contributed by atoms with Crippen LogP contribution in [0.3, 0.4) is 0 Å². The molecule has 0 bridgehead atoms. The van der Waals surface area contributed by atoms with Gasteiger partial charge in [0.25, 0.3) is 5.91 Å². The maximum atomic E-state index is 13.0. The van der Waals surface area contributed by atoms with Crippen molar-refractivity contribution in [3.05, 3.63) is 29.3 Å². The smallest absolute Gasteiger partial charge is 0.253 e. The van der Waals surface area contributed by atoms with Gasteiger partial charge in [0.1, 0.15) is 0 Å². The molecule has 3 heterocycles. The summed E-state index contributed by atoms with van der Waals surface area (Å²) < 4.78 is 0. The van der Waals surface area contributed by atoms with Crippen molar-refractivity contribution in [2.75, 3.05) is 44.7 Å². The zero-order valence-electron chi connectivity index (χ0n) is 15.9. The van der Waals surface area contributed by atoms with Crippen molar-refractivity contribution < 1.29 is 9.59 Å². The minimum absolute atomic E-state index is 0.186. The van der Waals surface area contributed by atoms with E-state index in [4.69, 9.17) is 0 Å². The van der Waals surface area contributed by atoms with Crippen molar-refractivity contribution in [2.45, 2.75) is 32.6 Å². The average Bonchev–Trinajstić information content (AvgIpc) is 3.28. The highest BCUT2D eigenvalue weighted by Gasteiger charge is 2.34. The van der Waals surface area contributed by atoms with E-state index in [9.17, 15) is 9.59 Å². The number of hydrogen-bond acceptors (Lipinski definition) is 3. The van der Waals surface area contributed by atoms with Gasteiger partial charge in [-0.15, -0.1) is 0 Å². The molecule has 4 rings (SSSR count). The zero-order chi connectivity index (χ0) is 18.3. The number of likely N-dealkylation sites (N-methyl/N-ethyl adjacent to an activating group) is 1. The summed E-state index contributed by atoms with van der Waals surface area (Å²) in [5.41, 5.74) is 3.40. The second kappa shape index (κ2) is 6.93. The van der Waals surface area contributed by atoms with Gasteiger partial charge >= 0.3 is 0 Å². The van der Waals surface area contributed by atoms with Crippen LogP contribution >= 0.6 is 0 Å². The lowest BCUT2D eigenvalue weighted by atomic mass is 9.84. The molecule has 0 aliphatic carbocycles. The van der Waals surface area contributed by atoms with Crippen molar-refractivity contribution in [2.24, 2.45) is 11.8 Å². The summed E-state index contributed by atoms with van der Waals surface area (Å²) >= 11 is 0. The van der Waals surface area contributed by atoms with E-state index in [1.54, 1.807) is 6.92 Å². The predicted octanol–water partition coefficient (Wildman–Crippen LogP) is 2.40. The van der Waals surface area contributed by atoms with Gasteiger partial charge < -0.3 is 14.7 Å². The quantitative estimate of drug-likeness (QED) is 0.818. The molecule has 0 N–H and O–H groups in total. The van der Waals surface area contributed by atoms with Crippen LogP contribution in [0.2, 0.25) is 0 Å². The largest absolute Gasteiger partial charge is 0.374 e. The summed E-state index contributed by atoms with van der Waals surface area (Å²) in [6.45, 7) is 6.20. The van der Waals surface area contributed by atoms with E-state index in [0.717, 1.165) is 64.0 Å². The standard InChI is InChI=1S/C21H29N3O2/c1-15(25)23-10-6-16(7-11-23)19-8-12-24(14-19)21(26)18-3-4-20-17(13-18)5-9-22(20)2/h3-4,13,16,19H,5-12,14H2,1-2H3. The highest BCUT2D eigenvalue weighted by Crippen LogP contribution is 2.33. The molecule has 140 valence electrons. The van der Waals surface area contributed by atoms with Gasteiger partial charge in [-0.2, -0.15) is 0 Å². The van der Waals surface area contributed by atoms with Crippen molar-refractivity contribution in [1.29, 1.82) is 0 Å². The van der Waals surface area contributed by atoms with Gasteiger partial charge in [0.15, 0.2) is 0 Å². The van der Waals surface area contributed by atoms with Crippen molar-refractivity contribution >= 4 is 17.5 Å². The zero-order valence-corrected chi connectivity index (χ0v) is 15.9. The molecule has 1 aromatic carbocycles. The Hall–Kier alpha value is -2.04. The second-order valence-corrected chi connectivity index (χ2v) is 8.16. The fraction of sp³-hybridized carbons (Fsp3) is 0.619. The predicted molar refractivity (Wildman–Crippen MR) is 102 cm³/mol. The molecule has 0 aromatic heterocycles. The van der Waals surface area contributed by atoms with E-state index in [1.807, 2.05) is 15.9 Å². The summed E-state index contributed by atoms with van der Waals surface area (Å²) in [6.07, 6.45) is 4.30. The van der Waals surface area contributed by atoms with Crippen LogP contribution in [0.15, 0.2) is 18.2 Å². The highest BCUT2D eigenvalue weighted by atomic mass is 16.2. The lowest BCUT2D eigenvalue weighted by molar-refractivity contribution is -0.130.